The highest BCUT2D eigenvalue weighted by molar-refractivity contribution is 6.20. The molecule has 1 fully saturated rings. The monoisotopic (exact) mass is 211 g/mol. The van der Waals surface area contributed by atoms with Crippen molar-refractivity contribution in [2.45, 2.75) is 5.50 Å². The zero-order valence-corrected chi connectivity index (χ0v) is 8.67. The van der Waals surface area contributed by atoms with Crippen molar-refractivity contribution in [1.82, 2.24) is 10.3 Å². The van der Waals surface area contributed by atoms with Gasteiger partial charge >= 0.3 is 0 Å². The van der Waals surface area contributed by atoms with Gasteiger partial charge in [-0.05, 0) is 12.1 Å². The molecule has 2 rings (SSSR count). The predicted octanol–water partition coefficient (Wildman–Crippen LogP) is 1.48. The van der Waals surface area contributed by atoms with Crippen molar-refractivity contribution in [2.75, 3.05) is 25.1 Å². The van der Waals surface area contributed by atoms with Crippen LogP contribution in [0, 0.1) is 0 Å². The van der Waals surface area contributed by atoms with Gasteiger partial charge in [-0.1, -0.05) is 18.2 Å². The molecule has 1 aliphatic rings. The summed E-state index contributed by atoms with van der Waals surface area (Å²) >= 11 is 5.98. The molecule has 76 valence electrons. The second-order valence-electron chi connectivity index (χ2n) is 3.35. The molecular weight excluding hydrogens is 198 g/mol. The van der Waals surface area contributed by atoms with E-state index in [0.717, 1.165) is 25.3 Å². The maximum atomic E-state index is 5.98. The van der Waals surface area contributed by atoms with Gasteiger partial charge < -0.3 is 5.43 Å². The molecule has 1 atom stereocenters. The van der Waals surface area contributed by atoms with E-state index in [2.05, 4.69) is 15.8 Å². The first-order valence-corrected chi connectivity index (χ1v) is 5.22. The van der Waals surface area contributed by atoms with Gasteiger partial charge in [-0.3, -0.25) is 5.32 Å². The second-order valence-corrected chi connectivity index (χ2v) is 3.87. The molecule has 1 aromatic carbocycles. The molecule has 14 heavy (non-hydrogen) atoms. The van der Waals surface area contributed by atoms with Gasteiger partial charge in [0.1, 0.15) is 0 Å². The van der Waals surface area contributed by atoms with Crippen LogP contribution in [-0.4, -0.2) is 30.1 Å². The van der Waals surface area contributed by atoms with Gasteiger partial charge in [0.25, 0.3) is 0 Å². The van der Waals surface area contributed by atoms with Crippen LogP contribution in [0.25, 0.3) is 0 Å². The summed E-state index contributed by atoms with van der Waals surface area (Å²) in [5, 5.41) is 5.31. The Bertz CT molecular complexity index is 278. The van der Waals surface area contributed by atoms with E-state index in [1.807, 2.05) is 30.3 Å². The third-order valence-electron chi connectivity index (χ3n) is 2.19. The first-order chi connectivity index (χ1) is 6.84. The number of halogens is 1. The number of hydrogen-bond donors (Lipinski definition) is 2. The number of anilines is 1. The molecule has 1 saturated heterocycles. The summed E-state index contributed by atoms with van der Waals surface area (Å²) in [6.45, 7) is 2.71. The lowest BCUT2D eigenvalue weighted by Crippen LogP contribution is -2.50. The normalized spacial score (nSPS) is 23.4. The van der Waals surface area contributed by atoms with Gasteiger partial charge in [0.2, 0.25) is 0 Å². The lowest BCUT2D eigenvalue weighted by atomic mass is 10.3. The standard InChI is InChI=1S/C10H14ClN3/c11-10-8-14(7-6-12-10)13-9-4-2-1-3-5-9/h1-5,10,12-13H,6-8H2. The highest BCUT2D eigenvalue weighted by Gasteiger charge is 2.16. The zero-order valence-electron chi connectivity index (χ0n) is 7.91. The molecule has 0 radical (unpaired) electrons. The van der Waals surface area contributed by atoms with Gasteiger partial charge in [0.15, 0.2) is 0 Å². The maximum absolute atomic E-state index is 5.98. The fourth-order valence-corrected chi connectivity index (χ4v) is 1.78. The maximum Gasteiger partial charge on any atom is 0.0973 e. The van der Waals surface area contributed by atoms with E-state index in [0.29, 0.717) is 0 Å². The molecule has 4 heteroatoms. The largest absolute Gasteiger partial charge is 0.319 e. The van der Waals surface area contributed by atoms with E-state index in [1.165, 1.54) is 0 Å². The molecule has 0 amide bonds. The molecule has 1 aromatic rings. The highest BCUT2D eigenvalue weighted by Crippen LogP contribution is 2.09. The van der Waals surface area contributed by atoms with E-state index in [9.17, 15) is 0 Å². The van der Waals surface area contributed by atoms with Crippen molar-refractivity contribution in [3.8, 4) is 0 Å². The van der Waals surface area contributed by atoms with Gasteiger partial charge in [0.05, 0.1) is 5.50 Å². The van der Waals surface area contributed by atoms with Gasteiger partial charge in [0, 0.05) is 25.3 Å². The van der Waals surface area contributed by atoms with E-state index >= 15 is 0 Å². The summed E-state index contributed by atoms with van der Waals surface area (Å²) < 4.78 is 0. The van der Waals surface area contributed by atoms with E-state index in [-0.39, 0.29) is 5.50 Å². The zero-order chi connectivity index (χ0) is 9.80. The molecule has 0 spiro atoms. The molecule has 0 bridgehead atoms. The summed E-state index contributed by atoms with van der Waals surface area (Å²) in [7, 11) is 0. The molecule has 1 unspecified atom stereocenters. The number of nitrogens with one attached hydrogen (secondary N) is 2. The Morgan fingerprint density at radius 1 is 1.36 bits per heavy atom. The van der Waals surface area contributed by atoms with Crippen LogP contribution >= 0.6 is 11.6 Å². The first-order valence-electron chi connectivity index (χ1n) is 4.79. The lowest BCUT2D eigenvalue weighted by molar-refractivity contribution is 0.271. The second kappa shape index (κ2) is 4.64. The number of benzene rings is 1. The summed E-state index contributed by atoms with van der Waals surface area (Å²) in [4.78, 5) is 0. The Balaban J connectivity index is 1.91. The minimum atomic E-state index is 0.0416. The quantitative estimate of drug-likeness (QED) is 0.573. The first kappa shape index (κ1) is 9.77. The molecular formula is C10H14ClN3. The van der Waals surface area contributed by atoms with Crippen LogP contribution < -0.4 is 10.7 Å². The number of hydrogen-bond acceptors (Lipinski definition) is 3. The van der Waals surface area contributed by atoms with Gasteiger partial charge in [-0.2, -0.15) is 0 Å². The smallest absolute Gasteiger partial charge is 0.0973 e. The number of rotatable bonds is 2. The minimum absolute atomic E-state index is 0.0416. The van der Waals surface area contributed by atoms with Crippen molar-refractivity contribution < 1.29 is 0 Å². The third kappa shape index (κ3) is 2.61. The van der Waals surface area contributed by atoms with Gasteiger partial charge in [-0.25, -0.2) is 5.01 Å². The fraction of sp³-hybridized carbons (Fsp3) is 0.400. The van der Waals surface area contributed by atoms with E-state index < -0.39 is 0 Å². The average molecular weight is 212 g/mol. The van der Waals surface area contributed by atoms with Crippen molar-refractivity contribution in [3.63, 3.8) is 0 Å². The van der Waals surface area contributed by atoms with E-state index in [1.54, 1.807) is 0 Å². The topological polar surface area (TPSA) is 27.3 Å². The SMILES string of the molecule is ClC1CN(Nc2ccccc2)CCN1. The van der Waals surface area contributed by atoms with Crippen LogP contribution in [0.3, 0.4) is 0 Å². The third-order valence-corrected chi connectivity index (χ3v) is 2.48. The number of para-hydroxylation sites is 1. The minimum Gasteiger partial charge on any atom is -0.319 e. The van der Waals surface area contributed by atoms with Crippen molar-refractivity contribution in [2.24, 2.45) is 0 Å². The Kier molecular flexibility index (Phi) is 3.24. The highest BCUT2D eigenvalue weighted by atomic mass is 35.5. The molecule has 1 aliphatic heterocycles. The predicted molar refractivity (Wildman–Crippen MR) is 59.3 cm³/mol. The molecule has 0 aromatic heterocycles. The van der Waals surface area contributed by atoms with Gasteiger partial charge in [-0.15, -0.1) is 11.6 Å². The van der Waals surface area contributed by atoms with E-state index in [4.69, 9.17) is 11.6 Å². The van der Waals surface area contributed by atoms with Crippen LogP contribution in [0.2, 0.25) is 0 Å². The lowest BCUT2D eigenvalue weighted by Gasteiger charge is -2.31. The molecule has 0 aliphatic carbocycles. The van der Waals surface area contributed by atoms with Crippen LogP contribution in [0.4, 0.5) is 5.69 Å². The summed E-state index contributed by atoms with van der Waals surface area (Å²) in [5.41, 5.74) is 4.47. The fourth-order valence-electron chi connectivity index (χ4n) is 1.50. The molecule has 3 nitrogen and oxygen atoms in total. The van der Waals surface area contributed by atoms with Crippen LogP contribution in [-0.2, 0) is 0 Å². The molecule has 2 N–H and O–H groups in total. The Labute approximate surface area is 89.0 Å². The Morgan fingerprint density at radius 2 is 2.14 bits per heavy atom. The van der Waals surface area contributed by atoms with Crippen molar-refractivity contribution in [3.05, 3.63) is 30.3 Å². The Morgan fingerprint density at radius 3 is 2.86 bits per heavy atom. The number of hydrazine groups is 1. The van der Waals surface area contributed by atoms with Crippen LogP contribution in [0.1, 0.15) is 0 Å². The number of alkyl halides is 1. The van der Waals surface area contributed by atoms with Crippen LogP contribution in [0.15, 0.2) is 30.3 Å². The average Bonchev–Trinajstić information content (AvgIpc) is 2.19. The van der Waals surface area contributed by atoms with Crippen LogP contribution in [0.5, 0.6) is 0 Å². The van der Waals surface area contributed by atoms with Crippen molar-refractivity contribution >= 4 is 17.3 Å². The molecule has 0 saturated carbocycles. The number of nitrogens with zero attached hydrogens (tertiary/aromatic N) is 1. The summed E-state index contributed by atoms with van der Waals surface area (Å²) in [5.74, 6) is 0. The Hall–Kier alpha value is -0.770. The summed E-state index contributed by atoms with van der Waals surface area (Å²) in [6.07, 6.45) is 0. The number of piperazine rings is 1. The van der Waals surface area contributed by atoms with Crippen molar-refractivity contribution in [1.29, 1.82) is 0 Å². The molecule has 1 heterocycles. The summed E-state index contributed by atoms with van der Waals surface area (Å²) in [6, 6.07) is 10.1.